The Balaban J connectivity index is 1.86. The molecule has 1 N–H and O–H groups in total. The van der Waals surface area contributed by atoms with E-state index in [1.807, 2.05) is 6.07 Å². The first kappa shape index (κ1) is 15.4. The SMILES string of the molecule is COC(=O)c1ccc(CNC(=O)C=Cc2cccnc2)cc1. The first-order chi connectivity index (χ1) is 10.7. The summed E-state index contributed by atoms with van der Waals surface area (Å²) in [6.07, 6.45) is 6.51. The van der Waals surface area contributed by atoms with Gasteiger partial charge in [-0.2, -0.15) is 0 Å². The van der Waals surface area contributed by atoms with Crippen LogP contribution in [0.2, 0.25) is 0 Å². The van der Waals surface area contributed by atoms with Crippen molar-refractivity contribution in [3.05, 3.63) is 71.6 Å². The topological polar surface area (TPSA) is 68.3 Å². The number of nitrogens with one attached hydrogen (secondary N) is 1. The third kappa shape index (κ3) is 4.56. The van der Waals surface area contributed by atoms with Crippen molar-refractivity contribution in [2.45, 2.75) is 6.54 Å². The van der Waals surface area contributed by atoms with Gasteiger partial charge < -0.3 is 10.1 Å². The molecule has 0 aliphatic carbocycles. The van der Waals surface area contributed by atoms with Crippen LogP contribution >= 0.6 is 0 Å². The van der Waals surface area contributed by atoms with Crippen LogP contribution in [0.25, 0.3) is 6.08 Å². The van der Waals surface area contributed by atoms with E-state index in [1.54, 1.807) is 48.8 Å². The summed E-state index contributed by atoms with van der Waals surface area (Å²) in [6.45, 7) is 0.387. The standard InChI is InChI=1S/C17H16N2O3/c1-22-17(21)15-7-4-14(5-8-15)12-19-16(20)9-6-13-3-2-10-18-11-13/h2-11H,12H2,1H3,(H,19,20). The number of amides is 1. The van der Waals surface area contributed by atoms with Crippen LogP contribution in [0.15, 0.2) is 54.9 Å². The van der Waals surface area contributed by atoms with Crippen LogP contribution in [-0.4, -0.2) is 24.0 Å². The second kappa shape index (κ2) is 7.73. The van der Waals surface area contributed by atoms with Crippen LogP contribution in [0.1, 0.15) is 21.5 Å². The minimum atomic E-state index is -0.380. The van der Waals surface area contributed by atoms with Crippen LogP contribution in [0.3, 0.4) is 0 Å². The fourth-order valence-electron chi connectivity index (χ4n) is 1.77. The Morgan fingerprint density at radius 2 is 2.00 bits per heavy atom. The molecule has 1 aromatic carbocycles. The van der Waals surface area contributed by atoms with Gasteiger partial charge in [0.2, 0.25) is 5.91 Å². The number of carbonyl (C=O) groups is 2. The molecule has 1 heterocycles. The molecule has 0 bridgehead atoms. The van der Waals surface area contributed by atoms with Crippen molar-refractivity contribution in [2.75, 3.05) is 7.11 Å². The van der Waals surface area contributed by atoms with E-state index < -0.39 is 0 Å². The number of methoxy groups -OCH3 is 1. The van der Waals surface area contributed by atoms with Crippen molar-refractivity contribution in [1.29, 1.82) is 0 Å². The predicted molar refractivity (Wildman–Crippen MR) is 82.9 cm³/mol. The number of nitrogens with zero attached hydrogens (tertiary/aromatic N) is 1. The van der Waals surface area contributed by atoms with Gasteiger partial charge in [0, 0.05) is 25.0 Å². The predicted octanol–water partition coefficient (Wildman–Crippen LogP) is 2.20. The molecule has 112 valence electrons. The van der Waals surface area contributed by atoms with Gasteiger partial charge in [0.1, 0.15) is 0 Å². The van der Waals surface area contributed by atoms with Crippen molar-refractivity contribution >= 4 is 18.0 Å². The molecule has 0 atom stereocenters. The van der Waals surface area contributed by atoms with Crippen LogP contribution in [0.5, 0.6) is 0 Å². The molecule has 2 rings (SSSR count). The first-order valence-electron chi connectivity index (χ1n) is 6.72. The summed E-state index contributed by atoms with van der Waals surface area (Å²) in [4.78, 5) is 27.0. The maximum atomic E-state index is 11.7. The van der Waals surface area contributed by atoms with E-state index in [9.17, 15) is 9.59 Å². The zero-order valence-corrected chi connectivity index (χ0v) is 12.2. The Morgan fingerprint density at radius 3 is 2.64 bits per heavy atom. The van der Waals surface area contributed by atoms with Crippen LogP contribution in [0, 0.1) is 0 Å². The first-order valence-corrected chi connectivity index (χ1v) is 6.72. The molecule has 5 heteroatoms. The van der Waals surface area contributed by atoms with Crippen molar-refractivity contribution in [1.82, 2.24) is 10.3 Å². The highest BCUT2D eigenvalue weighted by Crippen LogP contribution is 2.05. The van der Waals surface area contributed by atoms with Gasteiger partial charge >= 0.3 is 5.97 Å². The molecule has 0 aliphatic rings. The molecule has 0 spiro atoms. The van der Waals surface area contributed by atoms with E-state index in [0.717, 1.165) is 11.1 Å². The smallest absolute Gasteiger partial charge is 0.337 e. The third-order valence-corrected chi connectivity index (χ3v) is 2.95. The number of carbonyl (C=O) groups excluding carboxylic acids is 2. The number of hydrogen-bond donors (Lipinski definition) is 1. The Morgan fingerprint density at radius 1 is 1.23 bits per heavy atom. The molecular weight excluding hydrogens is 280 g/mol. The monoisotopic (exact) mass is 296 g/mol. The highest BCUT2D eigenvalue weighted by Gasteiger charge is 2.04. The largest absolute Gasteiger partial charge is 0.465 e. The number of pyridine rings is 1. The molecule has 0 radical (unpaired) electrons. The molecule has 2 aromatic rings. The molecule has 5 nitrogen and oxygen atoms in total. The van der Waals surface area contributed by atoms with Gasteiger partial charge in [0.25, 0.3) is 0 Å². The fourth-order valence-corrected chi connectivity index (χ4v) is 1.77. The van der Waals surface area contributed by atoms with Crippen LogP contribution in [0.4, 0.5) is 0 Å². The molecular formula is C17H16N2O3. The Kier molecular flexibility index (Phi) is 5.43. The minimum absolute atomic E-state index is 0.194. The van der Waals surface area contributed by atoms with E-state index in [2.05, 4.69) is 15.0 Å². The molecule has 0 aliphatic heterocycles. The second-order valence-corrected chi connectivity index (χ2v) is 4.53. The summed E-state index contributed by atoms with van der Waals surface area (Å²) < 4.78 is 4.63. The van der Waals surface area contributed by atoms with Gasteiger partial charge in [-0.25, -0.2) is 4.79 Å². The number of ether oxygens (including phenoxy) is 1. The zero-order valence-electron chi connectivity index (χ0n) is 12.2. The van der Waals surface area contributed by atoms with Gasteiger partial charge in [-0.1, -0.05) is 18.2 Å². The van der Waals surface area contributed by atoms with E-state index in [-0.39, 0.29) is 11.9 Å². The quantitative estimate of drug-likeness (QED) is 0.678. The lowest BCUT2D eigenvalue weighted by molar-refractivity contribution is -0.116. The Hall–Kier alpha value is -2.95. The van der Waals surface area contributed by atoms with Crippen LogP contribution in [-0.2, 0) is 16.1 Å². The third-order valence-electron chi connectivity index (χ3n) is 2.95. The van der Waals surface area contributed by atoms with Crippen molar-refractivity contribution in [3.8, 4) is 0 Å². The number of aromatic nitrogens is 1. The molecule has 1 aromatic heterocycles. The summed E-state index contributed by atoms with van der Waals surface area (Å²) in [5.74, 6) is -0.573. The normalized spacial score (nSPS) is 10.4. The van der Waals surface area contributed by atoms with E-state index in [0.29, 0.717) is 12.1 Å². The number of rotatable bonds is 5. The van der Waals surface area contributed by atoms with Crippen molar-refractivity contribution in [2.24, 2.45) is 0 Å². The van der Waals surface area contributed by atoms with Gasteiger partial charge in [0.05, 0.1) is 12.7 Å². The average molecular weight is 296 g/mol. The van der Waals surface area contributed by atoms with E-state index in [1.165, 1.54) is 13.2 Å². The lowest BCUT2D eigenvalue weighted by atomic mass is 10.1. The number of benzene rings is 1. The maximum absolute atomic E-state index is 11.7. The highest BCUT2D eigenvalue weighted by atomic mass is 16.5. The maximum Gasteiger partial charge on any atom is 0.337 e. The lowest BCUT2D eigenvalue weighted by Gasteiger charge is -2.04. The zero-order chi connectivity index (χ0) is 15.8. The summed E-state index contributed by atoms with van der Waals surface area (Å²) in [5.41, 5.74) is 2.24. The second-order valence-electron chi connectivity index (χ2n) is 4.53. The van der Waals surface area contributed by atoms with Crippen LogP contribution < -0.4 is 5.32 Å². The molecule has 1 amide bonds. The molecule has 0 unspecified atom stereocenters. The fraction of sp³-hybridized carbons (Fsp3) is 0.118. The highest BCUT2D eigenvalue weighted by molar-refractivity contribution is 5.91. The average Bonchev–Trinajstić information content (AvgIpc) is 2.58. The summed E-state index contributed by atoms with van der Waals surface area (Å²) >= 11 is 0. The molecule has 22 heavy (non-hydrogen) atoms. The van der Waals surface area contributed by atoms with Crippen molar-refractivity contribution < 1.29 is 14.3 Å². The molecule has 0 fully saturated rings. The lowest BCUT2D eigenvalue weighted by Crippen LogP contribution is -2.20. The number of esters is 1. The number of hydrogen-bond acceptors (Lipinski definition) is 4. The minimum Gasteiger partial charge on any atom is -0.465 e. The van der Waals surface area contributed by atoms with Gasteiger partial charge in [-0.3, -0.25) is 9.78 Å². The molecule has 0 saturated carbocycles. The summed E-state index contributed by atoms with van der Waals surface area (Å²) in [7, 11) is 1.34. The summed E-state index contributed by atoms with van der Waals surface area (Å²) in [6, 6.07) is 10.6. The Labute approximate surface area is 128 Å². The molecule has 0 saturated heterocycles. The van der Waals surface area contributed by atoms with Gasteiger partial charge in [0.15, 0.2) is 0 Å². The van der Waals surface area contributed by atoms with E-state index in [4.69, 9.17) is 0 Å². The van der Waals surface area contributed by atoms with E-state index >= 15 is 0 Å². The summed E-state index contributed by atoms with van der Waals surface area (Å²) in [5, 5.41) is 2.77. The van der Waals surface area contributed by atoms with Gasteiger partial charge in [-0.15, -0.1) is 0 Å². The Bertz CT molecular complexity index is 664. The van der Waals surface area contributed by atoms with Gasteiger partial charge in [-0.05, 0) is 35.4 Å². The van der Waals surface area contributed by atoms with Crippen molar-refractivity contribution in [3.63, 3.8) is 0 Å².